The number of carbonyl (C=O) groups is 1. The lowest BCUT2D eigenvalue weighted by Gasteiger charge is -2.34. The summed E-state index contributed by atoms with van der Waals surface area (Å²) in [6, 6.07) is 12.5. The van der Waals surface area contributed by atoms with E-state index in [1.54, 1.807) is 17.0 Å². The number of benzene rings is 2. The summed E-state index contributed by atoms with van der Waals surface area (Å²) in [6.45, 7) is 7.12. The molecule has 6 nitrogen and oxygen atoms in total. The molecule has 0 N–H and O–H groups in total. The van der Waals surface area contributed by atoms with Gasteiger partial charge in [-0.15, -0.1) is 0 Å². The van der Waals surface area contributed by atoms with Crippen LogP contribution in [-0.2, 0) is 21.2 Å². The molecule has 2 aliphatic heterocycles. The quantitative estimate of drug-likeness (QED) is 0.752. The Kier molecular flexibility index (Phi) is 5.70. The normalized spacial score (nSPS) is 22.6. The number of rotatable bonds is 3. The monoisotopic (exact) mass is 428 g/mol. The van der Waals surface area contributed by atoms with E-state index in [9.17, 15) is 13.2 Å². The van der Waals surface area contributed by atoms with Gasteiger partial charge in [-0.05, 0) is 69.5 Å². The first kappa shape index (κ1) is 21.0. The predicted molar refractivity (Wildman–Crippen MR) is 116 cm³/mol. The van der Waals surface area contributed by atoms with Gasteiger partial charge in [-0.2, -0.15) is 4.31 Å². The molecule has 4 rings (SSSR count). The molecule has 0 saturated carbocycles. The van der Waals surface area contributed by atoms with Gasteiger partial charge in [0.2, 0.25) is 10.0 Å². The van der Waals surface area contributed by atoms with Crippen molar-refractivity contribution in [1.82, 2.24) is 4.31 Å². The zero-order chi connectivity index (χ0) is 21.5. The predicted octanol–water partition coefficient (Wildman–Crippen LogP) is 3.39. The van der Waals surface area contributed by atoms with Crippen LogP contribution in [0.4, 0.5) is 5.69 Å². The van der Waals surface area contributed by atoms with Gasteiger partial charge >= 0.3 is 0 Å². The minimum Gasteiger partial charge on any atom is -0.373 e. The summed E-state index contributed by atoms with van der Waals surface area (Å²) in [5.74, 6) is -0.0997. The molecule has 30 heavy (non-hydrogen) atoms. The van der Waals surface area contributed by atoms with Gasteiger partial charge < -0.3 is 9.64 Å². The summed E-state index contributed by atoms with van der Waals surface area (Å²) in [6.07, 6.45) is 1.59. The van der Waals surface area contributed by atoms with E-state index in [1.807, 2.05) is 26.0 Å². The van der Waals surface area contributed by atoms with E-state index < -0.39 is 10.0 Å². The van der Waals surface area contributed by atoms with E-state index in [2.05, 4.69) is 13.0 Å². The molecule has 0 radical (unpaired) electrons. The first-order valence-corrected chi connectivity index (χ1v) is 11.9. The number of nitrogens with zero attached hydrogens (tertiary/aromatic N) is 2. The average Bonchev–Trinajstić information content (AvgIpc) is 2.72. The van der Waals surface area contributed by atoms with Crippen LogP contribution in [0.5, 0.6) is 0 Å². The number of hydrogen-bond acceptors (Lipinski definition) is 4. The number of amides is 1. The molecule has 2 aromatic carbocycles. The van der Waals surface area contributed by atoms with Crippen molar-refractivity contribution < 1.29 is 17.9 Å². The molecule has 0 aromatic heterocycles. The van der Waals surface area contributed by atoms with Gasteiger partial charge in [-0.1, -0.05) is 17.7 Å². The average molecular weight is 429 g/mol. The van der Waals surface area contributed by atoms with E-state index in [0.717, 1.165) is 18.5 Å². The van der Waals surface area contributed by atoms with Crippen molar-refractivity contribution >= 4 is 21.6 Å². The fourth-order valence-corrected chi connectivity index (χ4v) is 5.93. The number of sulfonamides is 1. The van der Waals surface area contributed by atoms with Crippen LogP contribution in [0.1, 0.15) is 41.8 Å². The third-order valence-corrected chi connectivity index (χ3v) is 7.57. The zero-order valence-electron chi connectivity index (χ0n) is 17.7. The van der Waals surface area contributed by atoms with Crippen molar-refractivity contribution in [2.75, 3.05) is 24.5 Å². The number of carbonyl (C=O) groups excluding carboxylic acids is 1. The number of anilines is 1. The summed E-state index contributed by atoms with van der Waals surface area (Å²) in [5, 5.41) is 0. The summed E-state index contributed by atoms with van der Waals surface area (Å²) in [5.41, 5.74) is 3.81. The molecular formula is C23H28N2O4S. The molecule has 1 saturated heterocycles. The Morgan fingerprint density at radius 3 is 2.37 bits per heavy atom. The number of fused-ring (bicyclic) bond motifs is 1. The van der Waals surface area contributed by atoms with Crippen LogP contribution in [0.3, 0.4) is 0 Å². The molecule has 2 unspecified atom stereocenters. The summed E-state index contributed by atoms with van der Waals surface area (Å²) in [4.78, 5) is 15.1. The minimum atomic E-state index is -3.62. The Bertz CT molecular complexity index is 1040. The Balaban J connectivity index is 1.56. The third-order valence-electron chi connectivity index (χ3n) is 5.72. The molecule has 7 heteroatoms. The maximum atomic E-state index is 13.1. The first-order valence-electron chi connectivity index (χ1n) is 10.4. The second-order valence-corrected chi connectivity index (χ2v) is 10.2. The van der Waals surface area contributed by atoms with Gasteiger partial charge in [-0.25, -0.2) is 8.42 Å². The molecule has 0 bridgehead atoms. The number of hydrogen-bond donors (Lipinski definition) is 0. The third kappa shape index (κ3) is 4.02. The molecular weight excluding hydrogens is 400 g/mol. The summed E-state index contributed by atoms with van der Waals surface area (Å²) < 4.78 is 33.2. The van der Waals surface area contributed by atoms with Crippen molar-refractivity contribution in [3.05, 3.63) is 59.2 Å². The lowest BCUT2D eigenvalue weighted by molar-refractivity contribution is -0.0440. The van der Waals surface area contributed by atoms with E-state index in [4.69, 9.17) is 4.74 Å². The lowest BCUT2D eigenvalue weighted by atomic mass is 9.99. The highest BCUT2D eigenvalue weighted by molar-refractivity contribution is 7.89. The van der Waals surface area contributed by atoms with Gasteiger partial charge in [0.05, 0.1) is 17.1 Å². The van der Waals surface area contributed by atoms with Gasteiger partial charge in [0.15, 0.2) is 0 Å². The molecule has 1 amide bonds. The largest absolute Gasteiger partial charge is 0.373 e. The van der Waals surface area contributed by atoms with Crippen LogP contribution in [0, 0.1) is 6.92 Å². The Hall–Kier alpha value is -2.22. The summed E-state index contributed by atoms with van der Waals surface area (Å²) in [7, 11) is -3.62. The second-order valence-electron chi connectivity index (χ2n) is 8.30. The van der Waals surface area contributed by atoms with E-state index in [-0.39, 0.29) is 23.0 Å². The minimum absolute atomic E-state index is 0.0997. The fourth-order valence-electron chi connectivity index (χ4n) is 4.34. The van der Waals surface area contributed by atoms with Crippen LogP contribution in [0.15, 0.2) is 47.4 Å². The number of ether oxygens (including phenoxy) is 1. The number of morpholine rings is 1. The topological polar surface area (TPSA) is 66.9 Å². The summed E-state index contributed by atoms with van der Waals surface area (Å²) >= 11 is 0. The Morgan fingerprint density at radius 1 is 1.03 bits per heavy atom. The van der Waals surface area contributed by atoms with Crippen LogP contribution >= 0.6 is 0 Å². The van der Waals surface area contributed by atoms with Crippen molar-refractivity contribution in [3.63, 3.8) is 0 Å². The molecule has 0 spiro atoms. The molecule has 2 aliphatic rings. The first-order chi connectivity index (χ1) is 14.3. The fraction of sp³-hybridized carbons (Fsp3) is 0.435. The van der Waals surface area contributed by atoms with Gasteiger partial charge in [0.25, 0.3) is 5.91 Å². The van der Waals surface area contributed by atoms with Crippen molar-refractivity contribution in [1.29, 1.82) is 0 Å². The number of aryl methyl sites for hydroxylation is 2. The van der Waals surface area contributed by atoms with Crippen LogP contribution < -0.4 is 4.90 Å². The zero-order valence-corrected chi connectivity index (χ0v) is 18.5. The maximum absolute atomic E-state index is 13.1. The molecule has 160 valence electrons. The van der Waals surface area contributed by atoms with Crippen molar-refractivity contribution in [2.24, 2.45) is 0 Å². The lowest BCUT2D eigenvalue weighted by Crippen LogP contribution is -2.48. The van der Waals surface area contributed by atoms with Crippen molar-refractivity contribution in [3.8, 4) is 0 Å². The molecule has 2 aromatic rings. The second kappa shape index (κ2) is 8.13. The van der Waals surface area contributed by atoms with Crippen LogP contribution in [-0.4, -0.2) is 50.5 Å². The highest BCUT2D eigenvalue weighted by atomic mass is 32.2. The van der Waals surface area contributed by atoms with Crippen molar-refractivity contribution in [2.45, 2.75) is 50.7 Å². The highest BCUT2D eigenvalue weighted by Crippen LogP contribution is 2.30. The van der Waals surface area contributed by atoms with Gasteiger partial charge in [-0.3, -0.25) is 4.79 Å². The van der Waals surface area contributed by atoms with E-state index in [1.165, 1.54) is 27.6 Å². The standard InChI is InChI=1S/C23H28N2O4S/c1-16-6-11-22-20(13-16)5-4-12-25(22)23(26)19-7-9-21(10-8-19)30(27,28)24-14-17(2)29-18(3)15-24/h6-11,13,17-18H,4-5,12,14-15H2,1-3H3. The SMILES string of the molecule is Cc1ccc2c(c1)CCCN2C(=O)c1ccc(S(=O)(=O)N2CC(C)OC(C)C2)cc1. The molecule has 2 atom stereocenters. The van der Waals surface area contributed by atoms with Crippen LogP contribution in [0.25, 0.3) is 0 Å². The Morgan fingerprint density at radius 2 is 1.70 bits per heavy atom. The van der Waals surface area contributed by atoms with Gasteiger partial charge in [0, 0.05) is 30.9 Å². The smallest absolute Gasteiger partial charge is 0.258 e. The molecule has 0 aliphatic carbocycles. The Labute approximate surface area is 178 Å². The van der Waals surface area contributed by atoms with Gasteiger partial charge in [0.1, 0.15) is 0 Å². The van der Waals surface area contributed by atoms with Crippen LogP contribution in [0.2, 0.25) is 0 Å². The maximum Gasteiger partial charge on any atom is 0.258 e. The highest BCUT2D eigenvalue weighted by Gasteiger charge is 2.32. The molecule has 1 fully saturated rings. The van der Waals surface area contributed by atoms with E-state index >= 15 is 0 Å². The molecule has 2 heterocycles. The van der Waals surface area contributed by atoms with E-state index in [0.29, 0.717) is 25.2 Å².